The van der Waals surface area contributed by atoms with Crippen LogP contribution < -0.4 is 0 Å². The standard InChI is InChI=1S/C12H22/c1-9-7-10-5-6-12(9,4)8-11(10,2)3/h9-10H,5-8H2,1-4H3/t9-,10-,12-/m1/s1. The first-order chi connectivity index (χ1) is 5.44. The van der Waals surface area contributed by atoms with Gasteiger partial charge in [0, 0.05) is 0 Å². The van der Waals surface area contributed by atoms with Crippen molar-refractivity contribution in [2.75, 3.05) is 0 Å². The lowest BCUT2D eigenvalue weighted by Crippen LogP contribution is -2.47. The van der Waals surface area contributed by atoms with Crippen molar-refractivity contribution in [1.29, 1.82) is 0 Å². The smallest absolute Gasteiger partial charge is 0.0295 e. The van der Waals surface area contributed by atoms with Gasteiger partial charge in [-0.15, -0.1) is 0 Å². The molecule has 0 aromatic rings. The summed E-state index contributed by atoms with van der Waals surface area (Å²) < 4.78 is 0. The Kier molecular flexibility index (Phi) is 1.63. The van der Waals surface area contributed by atoms with Gasteiger partial charge in [-0.25, -0.2) is 0 Å². The van der Waals surface area contributed by atoms with E-state index in [0.29, 0.717) is 10.8 Å². The molecule has 3 saturated carbocycles. The summed E-state index contributed by atoms with van der Waals surface area (Å²) in [6, 6.07) is 0. The molecule has 70 valence electrons. The fraction of sp³-hybridized carbons (Fsp3) is 1.00. The summed E-state index contributed by atoms with van der Waals surface area (Å²) in [7, 11) is 0. The molecular formula is C12H22. The molecule has 2 bridgehead atoms. The molecule has 0 heterocycles. The average Bonchev–Trinajstić information content (AvgIpc) is 1.91. The van der Waals surface area contributed by atoms with Gasteiger partial charge in [0.05, 0.1) is 0 Å². The number of rotatable bonds is 0. The van der Waals surface area contributed by atoms with E-state index in [-0.39, 0.29) is 0 Å². The van der Waals surface area contributed by atoms with E-state index in [1.165, 1.54) is 25.7 Å². The minimum absolute atomic E-state index is 0.638. The maximum atomic E-state index is 2.51. The Bertz CT molecular complexity index is 192. The Hall–Kier alpha value is 0. The van der Waals surface area contributed by atoms with Gasteiger partial charge in [0.1, 0.15) is 0 Å². The summed E-state index contributed by atoms with van der Waals surface area (Å²) in [5.74, 6) is 2.00. The highest BCUT2D eigenvalue weighted by Crippen LogP contribution is 2.60. The summed E-state index contributed by atoms with van der Waals surface area (Å²) >= 11 is 0. The van der Waals surface area contributed by atoms with Crippen LogP contribution in [0.15, 0.2) is 0 Å². The highest BCUT2D eigenvalue weighted by atomic mass is 14.6. The van der Waals surface area contributed by atoms with Crippen LogP contribution in [-0.4, -0.2) is 0 Å². The monoisotopic (exact) mass is 166 g/mol. The van der Waals surface area contributed by atoms with E-state index in [4.69, 9.17) is 0 Å². The SMILES string of the molecule is C[C@@H]1C[C@H]2CC[C@]1(C)CC2(C)C. The van der Waals surface area contributed by atoms with Crippen molar-refractivity contribution < 1.29 is 0 Å². The van der Waals surface area contributed by atoms with E-state index in [0.717, 1.165) is 11.8 Å². The molecule has 12 heavy (non-hydrogen) atoms. The van der Waals surface area contributed by atoms with E-state index in [9.17, 15) is 0 Å². The van der Waals surface area contributed by atoms with Crippen LogP contribution in [0.3, 0.4) is 0 Å². The molecule has 0 aromatic heterocycles. The van der Waals surface area contributed by atoms with Crippen molar-refractivity contribution in [1.82, 2.24) is 0 Å². The Balaban J connectivity index is 2.26. The van der Waals surface area contributed by atoms with Crippen LogP contribution >= 0.6 is 0 Å². The topological polar surface area (TPSA) is 0 Å². The zero-order valence-corrected chi connectivity index (χ0v) is 8.98. The van der Waals surface area contributed by atoms with Crippen LogP contribution in [0, 0.1) is 22.7 Å². The lowest BCUT2D eigenvalue weighted by molar-refractivity contribution is -0.0704. The molecule has 3 aliphatic carbocycles. The van der Waals surface area contributed by atoms with Crippen LogP contribution in [0.5, 0.6) is 0 Å². The zero-order valence-electron chi connectivity index (χ0n) is 8.98. The summed E-state index contributed by atoms with van der Waals surface area (Å²) in [5, 5.41) is 0. The molecule has 0 heteroatoms. The highest BCUT2D eigenvalue weighted by Gasteiger charge is 2.50. The van der Waals surface area contributed by atoms with Gasteiger partial charge in [-0.3, -0.25) is 0 Å². The highest BCUT2D eigenvalue weighted by molar-refractivity contribution is 5.00. The summed E-state index contributed by atoms with van der Waals surface area (Å²) in [5.41, 5.74) is 1.32. The largest absolute Gasteiger partial charge is 0.0620 e. The molecule has 3 fully saturated rings. The minimum atomic E-state index is 0.638. The predicted molar refractivity (Wildman–Crippen MR) is 53.0 cm³/mol. The van der Waals surface area contributed by atoms with E-state index in [2.05, 4.69) is 27.7 Å². The molecule has 0 unspecified atom stereocenters. The first kappa shape index (κ1) is 8.59. The molecule has 0 aliphatic heterocycles. The summed E-state index contributed by atoms with van der Waals surface area (Å²) in [4.78, 5) is 0. The second-order valence-corrected chi connectivity index (χ2v) is 6.19. The predicted octanol–water partition coefficient (Wildman–Crippen LogP) is 3.86. The van der Waals surface area contributed by atoms with Gasteiger partial charge in [-0.05, 0) is 48.3 Å². The lowest BCUT2D eigenvalue weighted by atomic mass is 9.48. The molecule has 3 aliphatic rings. The fourth-order valence-electron chi connectivity index (χ4n) is 3.74. The van der Waals surface area contributed by atoms with E-state index < -0.39 is 0 Å². The van der Waals surface area contributed by atoms with Crippen LogP contribution in [0.1, 0.15) is 53.4 Å². The average molecular weight is 166 g/mol. The first-order valence-electron chi connectivity index (χ1n) is 5.44. The second kappa shape index (κ2) is 2.27. The van der Waals surface area contributed by atoms with Gasteiger partial charge < -0.3 is 0 Å². The second-order valence-electron chi connectivity index (χ2n) is 6.19. The van der Waals surface area contributed by atoms with Crippen molar-refractivity contribution in [3.63, 3.8) is 0 Å². The Labute approximate surface area is 76.7 Å². The van der Waals surface area contributed by atoms with Crippen LogP contribution in [0.4, 0.5) is 0 Å². The van der Waals surface area contributed by atoms with Crippen molar-refractivity contribution >= 4 is 0 Å². The minimum Gasteiger partial charge on any atom is -0.0620 e. The number of hydrogen-bond donors (Lipinski definition) is 0. The van der Waals surface area contributed by atoms with Gasteiger partial charge >= 0.3 is 0 Å². The summed E-state index contributed by atoms with van der Waals surface area (Å²) in [6.45, 7) is 9.91. The van der Waals surface area contributed by atoms with Gasteiger partial charge in [0.25, 0.3) is 0 Å². The van der Waals surface area contributed by atoms with Crippen LogP contribution in [-0.2, 0) is 0 Å². The number of fused-ring (bicyclic) bond motifs is 3. The van der Waals surface area contributed by atoms with Gasteiger partial charge in [0.2, 0.25) is 0 Å². The van der Waals surface area contributed by atoms with E-state index in [1.807, 2.05) is 0 Å². The Morgan fingerprint density at radius 1 is 1.17 bits per heavy atom. The third-order valence-electron chi connectivity index (χ3n) is 4.86. The quantitative estimate of drug-likeness (QED) is 0.512. The van der Waals surface area contributed by atoms with Crippen molar-refractivity contribution in [2.24, 2.45) is 22.7 Å². The van der Waals surface area contributed by atoms with Crippen LogP contribution in [0.2, 0.25) is 0 Å². The third-order valence-corrected chi connectivity index (χ3v) is 4.86. The molecule has 0 aromatic carbocycles. The first-order valence-corrected chi connectivity index (χ1v) is 5.44. The molecule has 0 spiro atoms. The lowest BCUT2D eigenvalue weighted by Gasteiger charge is -2.57. The maximum Gasteiger partial charge on any atom is -0.0295 e. The molecule has 3 rings (SSSR count). The Morgan fingerprint density at radius 3 is 2.17 bits per heavy atom. The van der Waals surface area contributed by atoms with Gasteiger partial charge in [0.15, 0.2) is 0 Å². The van der Waals surface area contributed by atoms with E-state index in [1.54, 1.807) is 0 Å². The molecule has 0 radical (unpaired) electrons. The van der Waals surface area contributed by atoms with Crippen molar-refractivity contribution in [2.45, 2.75) is 53.4 Å². The normalized spacial score (nSPS) is 51.0. The van der Waals surface area contributed by atoms with Crippen molar-refractivity contribution in [3.05, 3.63) is 0 Å². The Morgan fingerprint density at radius 2 is 1.83 bits per heavy atom. The molecule has 0 saturated heterocycles. The molecule has 0 nitrogen and oxygen atoms in total. The molecule has 3 atom stereocenters. The molecular weight excluding hydrogens is 144 g/mol. The summed E-state index contributed by atoms with van der Waals surface area (Å²) in [6.07, 6.45) is 5.94. The van der Waals surface area contributed by atoms with Crippen molar-refractivity contribution in [3.8, 4) is 0 Å². The molecule has 0 amide bonds. The zero-order chi connectivity index (χ0) is 8.98. The third kappa shape index (κ3) is 1.03. The maximum absolute atomic E-state index is 2.51. The molecule has 0 N–H and O–H groups in total. The fourth-order valence-corrected chi connectivity index (χ4v) is 3.74. The number of hydrogen-bond acceptors (Lipinski definition) is 0. The van der Waals surface area contributed by atoms with Gasteiger partial charge in [-0.2, -0.15) is 0 Å². The van der Waals surface area contributed by atoms with E-state index >= 15 is 0 Å². The van der Waals surface area contributed by atoms with Gasteiger partial charge in [-0.1, -0.05) is 27.7 Å². The van der Waals surface area contributed by atoms with Crippen LogP contribution in [0.25, 0.3) is 0 Å².